The van der Waals surface area contributed by atoms with E-state index in [0.717, 1.165) is 36.9 Å². The molecule has 30 heavy (non-hydrogen) atoms. The van der Waals surface area contributed by atoms with Crippen LogP contribution in [0.25, 0.3) is 11.0 Å². The van der Waals surface area contributed by atoms with Crippen LogP contribution >= 0.6 is 0 Å². The number of hydrogen-bond acceptors (Lipinski definition) is 6. The van der Waals surface area contributed by atoms with Gasteiger partial charge in [0.1, 0.15) is 30.0 Å². The van der Waals surface area contributed by atoms with E-state index in [1.54, 1.807) is 0 Å². The highest BCUT2D eigenvalue weighted by atomic mass is 16.3. The van der Waals surface area contributed by atoms with Gasteiger partial charge in [0.05, 0.1) is 11.4 Å². The van der Waals surface area contributed by atoms with Crippen LogP contribution in [0.5, 0.6) is 0 Å². The first-order valence-corrected chi connectivity index (χ1v) is 10.5. The Morgan fingerprint density at radius 1 is 1.23 bits per heavy atom. The number of nitrogens with one attached hydrogen (secondary N) is 1. The maximum absolute atomic E-state index is 10.8. The van der Waals surface area contributed by atoms with E-state index >= 15 is 0 Å². The number of benzene rings is 1. The molecule has 3 atom stereocenters. The second-order valence-corrected chi connectivity index (χ2v) is 8.38. The number of aromatic nitrogens is 3. The zero-order valence-corrected chi connectivity index (χ0v) is 17.0. The van der Waals surface area contributed by atoms with E-state index in [4.69, 9.17) is 5.73 Å². The molecule has 7 nitrogen and oxygen atoms in total. The van der Waals surface area contributed by atoms with Gasteiger partial charge in [-0.25, -0.2) is 9.97 Å². The Balaban J connectivity index is 1.42. The van der Waals surface area contributed by atoms with Gasteiger partial charge in [0.2, 0.25) is 0 Å². The molecule has 3 heterocycles. The summed E-state index contributed by atoms with van der Waals surface area (Å²) >= 11 is 0. The van der Waals surface area contributed by atoms with Crippen LogP contribution < -0.4 is 11.1 Å². The summed E-state index contributed by atoms with van der Waals surface area (Å²) in [4.78, 5) is 8.35. The number of anilines is 1. The van der Waals surface area contributed by atoms with Crippen molar-refractivity contribution < 1.29 is 10.2 Å². The van der Waals surface area contributed by atoms with Crippen molar-refractivity contribution in [3.8, 4) is 0 Å². The maximum Gasteiger partial charge on any atom is 0.146 e. The number of nitrogen functional groups attached to an aromatic ring is 1. The molecular weight excluding hydrogens is 378 g/mol. The fraction of sp³-hybridized carbons (Fsp3) is 0.391. The molecule has 1 aliphatic heterocycles. The second kappa shape index (κ2) is 7.50. The van der Waals surface area contributed by atoms with E-state index in [0.29, 0.717) is 17.9 Å². The molecule has 3 aromatic rings. The number of aryl methyl sites for hydroxylation is 2. The molecule has 1 aromatic carbocycles. The van der Waals surface area contributed by atoms with Gasteiger partial charge in [-0.2, -0.15) is 0 Å². The van der Waals surface area contributed by atoms with Crippen LogP contribution in [0.3, 0.4) is 0 Å². The van der Waals surface area contributed by atoms with E-state index in [9.17, 15) is 10.2 Å². The summed E-state index contributed by atoms with van der Waals surface area (Å²) in [6.45, 7) is 4.06. The van der Waals surface area contributed by atoms with E-state index in [2.05, 4.69) is 34.3 Å². The van der Waals surface area contributed by atoms with E-state index in [-0.39, 0.29) is 6.04 Å². The molecule has 0 radical (unpaired) electrons. The number of aliphatic hydroxyl groups excluding tert-OH is 2. The van der Waals surface area contributed by atoms with Crippen LogP contribution in [0.4, 0.5) is 5.82 Å². The summed E-state index contributed by atoms with van der Waals surface area (Å²) in [6.07, 6.45) is 6.06. The largest absolute Gasteiger partial charge is 0.388 e. The molecule has 156 valence electrons. The zero-order valence-electron chi connectivity index (χ0n) is 17.0. The molecule has 3 unspecified atom stereocenters. The molecule has 5 N–H and O–H groups in total. The van der Waals surface area contributed by atoms with Gasteiger partial charge in [0.15, 0.2) is 0 Å². The molecule has 2 aliphatic rings. The molecule has 0 saturated heterocycles. The van der Waals surface area contributed by atoms with Crippen molar-refractivity contribution in [1.82, 2.24) is 19.9 Å². The lowest BCUT2D eigenvalue weighted by Crippen LogP contribution is -2.29. The fourth-order valence-electron chi connectivity index (χ4n) is 4.89. The lowest BCUT2D eigenvalue weighted by atomic mass is 9.90. The summed E-state index contributed by atoms with van der Waals surface area (Å²) in [7, 11) is 0. The average molecular weight is 406 g/mol. The molecule has 0 fully saturated rings. The maximum atomic E-state index is 10.8. The van der Waals surface area contributed by atoms with Crippen LogP contribution in [-0.4, -0.2) is 43.5 Å². The number of fused-ring (bicyclic) bond motifs is 2. The third-order valence-electron chi connectivity index (χ3n) is 6.43. The quantitative estimate of drug-likeness (QED) is 0.493. The van der Waals surface area contributed by atoms with Gasteiger partial charge >= 0.3 is 0 Å². The van der Waals surface area contributed by atoms with Crippen LogP contribution in [0.2, 0.25) is 0 Å². The number of nitrogens with zero attached hydrogens (tertiary/aromatic N) is 3. The number of rotatable bonds is 4. The predicted molar refractivity (Wildman–Crippen MR) is 116 cm³/mol. The summed E-state index contributed by atoms with van der Waals surface area (Å²) in [5.41, 5.74) is 12.9. The van der Waals surface area contributed by atoms with Crippen molar-refractivity contribution >= 4 is 16.9 Å². The highest BCUT2D eigenvalue weighted by molar-refractivity contribution is 5.86. The monoisotopic (exact) mass is 405 g/mol. The van der Waals surface area contributed by atoms with E-state index in [1.807, 2.05) is 22.9 Å². The molecule has 5 rings (SSSR count). The van der Waals surface area contributed by atoms with E-state index < -0.39 is 12.2 Å². The smallest absolute Gasteiger partial charge is 0.146 e. The molecule has 7 heteroatoms. The molecule has 1 aliphatic carbocycles. The Morgan fingerprint density at radius 2 is 2.10 bits per heavy atom. The van der Waals surface area contributed by atoms with Crippen molar-refractivity contribution in [3.05, 3.63) is 64.6 Å². The molecule has 2 aromatic heterocycles. The van der Waals surface area contributed by atoms with Crippen molar-refractivity contribution in [2.45, 2.75) is 51.0 Å². The highest BCUT2D eigenvalue weighted by Gasteiger charge is 2.36. The van der Waals surface area contributed by atoms with Crippen LogP contribution in [0, 0.1) is 6.92 Å². The Kier molecular flexibility index (Phi) is 4.81. The van der Waals surface area contributed by atoms with Gasteiger partial charge in [0.25, 0.3) is 0 Å². The van der Waals surface area contributed by atoms with E-state index in [1.165, 1.54) is 28.6 Å². The molecule has 0 bridgehead atoms. The topological polar surface area (TPSA) is 109 Å². The van der Waals surface area contributed by atoms with Crippen molar-refractivity contribution in [3.63, 3.8) is 0 Å². The Morgan fingerprint density at radius 3 is 2.97 bits per heavy atom. The zero-order chi connectivity index (χ0) is 20.8. The summed E-state index contributed by atoms with van der Waals surface area (Å²) in [6, 6.07) is 6.01. The SMILES string of the molecule is Cc1cc2c(c(CCC3=CC(n4ccc5c(N)ncnc54)C(O)C3O)c1)CNCC2. The van der Waals surface area contributed by atoms with Crippen LogP contribution in [0.1, 0.15) is 34.7 Å². The van der Waals surface area contributed by atoms with Gasteiger partial charge in [-0.05, 0) is 61.1 Å². The van der Waals surface area contributed by atoms with Crippen LogP contribution in [-0.2, 0) is 19.4 Å². The minimum Gasteiger partial charge on any atom is -0.388 e. The Labute approximate surface area is 175 Å². The first-order chi connectivity index (χ1) is 14.5. The number of nitrogens with two attached hydrogens (primary N) is 1. The number of hydrogen-bond donors (Lipinski definition) is 4. The molecule has 0 spiro atoms. The minimum atomic E-state index is -0.917. The summed E-state index contributed by atoms with van der Waals surface area (Å²) < 4.78 is 1.87. The van der Waals surface area contributed by atoms with Crippen molar-refractivity contribution in [1.29, 1.82) is 0 Å². The summed E-state index contributed by atoms with van der Waals surface area (Å²) in [5, 5.41) is 25.7. The fourth-order valence-corrected chi connectivity index (χ4v) is 4.89. The minimum absolute atomic E-state index is 0.380. The van der Waals surface area contributed by atoms with Gasteiger partial charge in [-0.15, -0.1) is 0 Å². The van der Waals surface area contributed by atoms with Crippen LogP contribution in [0.15, 0.2) is 42.4 Å². The van der Waals surface area contributed by atoms with Gasteiger partial charge in [-0.1, -0.05) is 23.8 Å². The standard InChI is InChI=1S/C23H27N5O2/c1-13-8-14(18-11-25-6-4-15(18)9-13)2-3-16-10-19(21(30)20(16)29)28-7-5-17-22(24)26-12-27-23(17)28/h5,7-10,12,19-21,25,29-30H,2-4,6,11H2,1H3,(H2,24,26,27). The summed E-state index contributed by atoms with van der Waals surface area (Å²) in [5.74, 6) is 0.411. The van der Waals surface area contributed by atoms with Crippen molar-refractivity contribution in [2.24, 2.45) is 0 Å². The first-order valence-electron chi connectivity index (χ1n) is 10.5. The lowest BCUT2D eigenvalue weighted by Gasteiger charge is -2.22. The molecule has 0 amide bonds. The van der Waals surface area contributed by atoms with Gasteiger partial charge in [-0.3, -0.25) is 0 Å². The third-order valence-corrected chi connectivity index (χ3v) is 6.43. The molecular formula is C23H27N5O2. The first kappa shape index (κ1) is 19.2. The molecule has 0 saturated carbocycles. The average Bonchev–Trinajstić information content (AvgIpc) is 3.29. The van der Waals surface area contributed by atoms with Gasteiger partial charge in [0, 0.05) is 12.7 Å². The van der Waals surface area contributed by atoms with Crippen molar-refractivity contribution in [2.75, 3.05) is 12.3 Å². The Bertz CT molecular complexity index is 1140. The van der Waals surface area contributed by atoms with Gasteiger partial charge < -0.3 is 25.8 Å². The predicted octanol–water partition coefficient (Wildman–Crippen LogP) is 1.80. The Hall–Kier alpha value is -2.74. The lowest BCUT2D eigenvalue weighted by molar-refractivity contribution is 0.0317. The third kappa shape index (κ3) is 3.19. The highest BCUT2D eigenvalue weighted by Crippen LogP contribution is 2.35. The second-order valence-electron chi connectivity index (χ2n) is 8.38. The normalized spacial score (nSPS) is 23.6. The number of aliphatic hydroxyl groups is 2.